The van der Waals surface area contributed by atoms with Crippen LogP contribution in [0.15, 0.2) is 16.9 Å². The summed E-state index contributed by atoms with van der Waals surface area (Å²) in [7, 11) is 0. The van der Waals surface area contributed by atoms with E-state index in [1.165, 1.54) is 23.2 Å². The molecule has 0 saturated heterocycles. The molecule has 0 radical (unpaired) electrons. The molecule has 1 saturated carbocycles. The standard InChI is InChI=1S/C13H18N2O3/c1-2-9-3-5-10(6-4-9)15-12(16)8-7-11(14-15)13(17)18/h7-10H,2-6H2,1H3,(H,17,18). The van der Waals surface area contributed by atoms with Gasteiger partial charge in [0.05, 0.1) is 6.04 Å². The lowest BCUT2D eigenvalue weighted by atomic mass is 9.84. The number of hydrogen-bond donors (Lipinski definition) is 1. The number of aromatic nitrogens is 2. The normalized spacial score (nSPS) is 23.8. The fourth-order valence-electron chi connectivity index (χ4n) is 2.60. The molecule has 1 aliphatic carbocycles. The highest BCUT2D eigenvalue weighted by molar-refractivity contribution is 5.84. The minimum atomic E-state index is -1.09. The Bertz CT molecular complexity index is 487. The third-order valence-corrected chi connectivity index (χ3v) is 3.78. The van der Waals surface area contributed by atoms with Crippen LogP contribution in [0.4, 0.5) is 0 Å². The van der Waals surface area contributed by atoms with E-state index in [1.54, 1.807) is 0 Å². The molecule has 5 nitrogen and oxygen atoms in total. The van der Waals surface area contributed by atoms with E-state index in [9.17, 15) is 9.59 Å². The Labute approximate surface area is 105 Å². The van der Waals surface area contributed by atoms with Gasteiger partial charge in [-0.15, -0.1) is 0 Å². The number of hydrogen-bond acceptors (Lipinski definition) is 3. The Hall–Kier alpha value is -1.65. The summed E-state index contributed by atoms with van der Waals surface area (Å²) in [5.74, 6) is -0.356. The second kappa shape index (κ2) is 5.33. The third-order valence-electron chi connectivity index (χ3n) is 3.78. The van der Waals surface area contributed by atoms with Crippen LogP contribution < -0.4 is 5.56 Å². The van der Waals surface area contributed by atoms with Gasteiger partial charge in [-0.2, -0.15) is 5.10 Å². The predicted molar refractivity (Wildman–Crippen MR) is 66.7 cm³/mol. The Balaban J connectivity index is 2.20. The van der Waals surface area contributed by atoms with Gasteiger partial charge in [-0.1, -0.05) is 13.3 Å². The number of carboxylic acid groups (broad SMARTS) is 1. The molecule has 1 N–H and O–H groups in total. The summed E-state index contributed by atoms with van der Waals surface area (Å²) in [5, 5.41) is 12.9. The van der Waals surface area contributed by atoms with Crippen molar-refractivity contribution in [3.05, 3.63) is 28.2 Å². The predicted octanol–water partition coefficient (Wildman–Crippen LogP) is 2.08. The van der Waals surface area contributed by atoms with Crippen molar-refractivity contribution < 1.29 is 9.90 Å². The first-order chi connectivity index (χ1) is 8.61. The molecule has 0 bridgehead atoms. The fraction of sp³-hybridized carbons (Fsp3) is 0.615. The zero-order valence-corrected chi connectivity index (χ0v) is 10.5. The van der Waals surface area contributed by atoms with Crippen LogP contribution >= 0.6 is 0 Å². The van der Waals surface area contributed by atoms with E-state index in [4.69, 9.17) is 5.11 Å². The van der Waals surface area contributed by atoms with E-state index in [0.717, 1.165) is 31.6 Å². The van der Waals surface area contributed by atoms with Crippen molar-refractivity contribution in [3.63, 3.8) is 0 Å². The quantitative estimate of drug-likeness (QED) is 0.891. The van der Waals surface area contributed by atoms with Crippen LogP contribution in [-0.2, 0) is 0 Å². The van der Waals surface area contributed by atoms with E-state index in [2.05, 4.69) is 12.0 Å². The maximum absolute atomic E-state index is 11.8. The lowest BCUT2D eigenvalue weighted by molar-refractivity contribution is 0.0686. The van der Waals surface area contributed by atoms with Crippen molar-refractivity contribution in [2.75, 3.05) is 0 Å². The van der Waals surface area contributed by atoms with Gasteiger partial charge in [0, 0.05) is 6.07 Å². The monoisotopic (exact) mass is 250 g/mol. The van der Waals surface area contributed by atoms with E-state index in [0.29, 0.717) is 0 Å². The molecule has 1 aromatic heterocycles. The smallest absolute Gasteiger partial charge is 0.356 e. The van der Waals surface area contributed by atoms with Gasteiger partial charge in [0.1, 0.15) is 0 Å². The van der Waals surface area contributed by atoms with E-state index < -0.39 is 5.97 Å². The van der Waals surface area contributed by atoms with Gasteiger partial charge < -0.3 is 5.11 Å². The van der Waals surface area contributed by atoms with Crippen LogP contribution in [0.2, 0.25) is 0 Å². The highest BCUT2D eigenvalue weighted by Gasteiger charge is 2.23. The maximum Gasteiger partial charge on any atom is 0.356 e. The molecule has 0 unspecified atom stereocenters. The van der Waals surface area contributed by atoms with E-state index in [1.807, 2.05) is 0 Å². The van der Waals surface area contributed by atoms with Gasteiger partial charge in [-0.05, 0) is 37.7 Å². The van der Waals surface area contributed by atoms with Crippen molar-refractivity contribution in [1.29, 1.82) is 0 Å². The summed E-state index contributed by atoms with van der Waals surface area (Å²) >= 11 is 0. The molecule has 1 aliphatic rings. The Morgan fingerprint density at radius 2 is 2.06 bits per heavy atom. The zero-order chi connectivity index (χ0) is 13.1. The Morgan fingerprint density at radius 1 is 1.39 bits per heavy atom. The van der Waals surface area contributed by atoms with Crippen LogP contribution in [0.25, 0.3) is 0 Å². The number of carboxylic acids is 1. The van der Waals surface area contributed by atoms with Gasteiger partial charge in [0.15, 0.2) is 5.69 Å². The molecule has 0 amide bonds. The maximum atomic E-state index is 11.8. The molecule has 5 heteroatoms. The van der Waals surface area contributed by atoms with E-state index >= 15 is 0 Å². The van der Waals surface area contributed by atoms with Gasteiger partial charge in [0.25, 0.3) is 5.56 Å². The zero-order valence-electron chi connectivity index (χ0n) is 10.5. The van der Waals surface area contributed by atoms with Crippen molar-refractivity contribution in [1.82, 2.24) is 9.78 Å². The molecular weight excluding hydrogens is 232 g/mol. The van der Waals surface area contributed by atoms with Gasteiger partial charge in [-0.25, -0.2) is 9.48 Å². The van der Waals surface area contributed by atoms with Gasteiger partial charge >= 0.3 is 5.97 Å². The third kappa shape index (κ3) is 2.60. The molecule has 1 heterocycles. The molecule has 98 valence electrons. The van der Waals surface area contributed by atoms with Crippen LogP contribution in [0.3, 0.4) is 0 Å². The summed E-state index contributed by atoms with van der Waals surface area (Å²) in [5.41, 5.74) is -0.271. The Morgan fingerprint density at radius 3 is 2.61 bits per heavy atom. The molecule has 0 aliphatic heterocycles. The summed E-state index contributed by atoms with van der Waals surface area (Å²) in [4.78, 5) is 22.6. The van der Waals surface area contributed by atoms with Crippen LogP contribution in [0, 0.1) is 5.92 Å². The topological polar surface area (TPSA) is 72.2 Å². The number of rotatable bonds is 3. The first-order valence-corrected chi connectivity index (χ1v) is 6.45. The second-order valence-electron chi connectivity index (χ2n) is 4.89. The summed E-state index contributed by atoms with van der Waals surface area (Å²) in [6.45, 7) is 2.18. The lowest BCUT2D eigenvalue weighted by Gasteiger charge is -2.28. The SMILES string of the molecule is CCC1CCC(n2nc(C(=O)O)ccc2=O)CC1. The molecule has 1 aromatic rings. The Kier molecular flexibility index (Phi) is 3.79. The molecule has 0 atom stereocenters. The largest absolute Gasteiger partial charge is 0.476 e. The molecule has 0 spiro atoms. The first-order valence-electron chi connectivity index (χ1n) is 6.45. The molecular formula is C13H18N2O3. The highest BCUT2D eigenvalue weighted by atomic mass is 16.4. The van der Waals surface area contributed by atoms with Gasteiger partial charge in [-0.3, -0.25) is 4.79 Å². The minimum Gasteiger partial charge on any atom is -0.476 e. The van der Waals surface area contributed by atoms with Crippen molar-refractivity contribution >= 4 is 5.97 Å². The average molecular weight is 250 g/mol. The fourth-order valence-corrected chi connectivity index (χ4v) is 2.60. The minimum absolute atomic E-state index is 0.0552. The highest BCUT2D eigenvalue weighted by Crippen LogP contribution is 2.32. The lowest BCUT2D eigenvalue weighted by Crippen LogP contribution is -2.30. The summed E-state index contributed by atoms with van der Waals surface area (Å²) in [6, 6.07) is 2.61. The molecule has 1 fully saturated rings. The second-order valence-corrected chi connectivity index (χ2v) is 4.89. The van der Waals surface area contributed by atoms with Crippen LogP contribution in [0.1, 0.15) is 55.6 Å². The van der Waals surface area contributed by atoms with Crippen molar-refractivity contribution in [2.45, 2.75) is 45.1 Å². The number of nitrogens with zero attached hydrogens (tertiary/aromatic N) is 2. The van der Waals surface area contributed by atoms with Crippen molar-refractivity contribution in [2.24, 2.45) is 5.92 Å². The summed E-state index contributed by atoms with van der Waals surface area (Å²) in [6.07, 6.45) is 5.17. The van der Waals surface area contributed by atoms with Crippen LogP contribution in [-0.4, -0.2) is 20.9 Å². The van der Waals surface area contributed by atoms with E-state index in [-0.39, 0.29) is 17.3 Å². The average Bonchev–Trinajstić information content (AvgIpc) is 2.39. The number of carbonyl (C=O) groups is 1. The molecule has 0 aromatic carbocycles. The first kappa shape index (κ1) is 12.8. The summed E-state index contributed by atoms with van der Waals surface area (Å²) < 4.78 is 1.36. The van der Waals surface area contributed by atoms with Crippen molar-refractivity contribution in [3.8, 4) is 0 Å². The van der Waals surface area contributed by atoms with Gasteiger partial charge in [0.2, 0.25) is 0 Å². The van der Waals surface area contributed by atoms with Crippen LogP contribution in [0.5, 0.6) is 0 Å². The molecule has 2 rings (SSSR count). The number of aromatic carboxylic acids is 1. The molecule has 18 heavy (non-hydrogen) atoms.